The zero-order chi connectivity index (χ0) is 37.0. The molecule has 8 rings (SSSR count). The van der Waals surface area contributed by atoms with E-state index in [2.05, 4.69) is 95.0 Å². The SMILES string of the molecule is COc1ccc(C#Cc2cc3ccccc3c3c2OCOc2c(C#Cc4ccc(C#N)cc4)cc4cc(C#Cc5ccc(N(C)C)cc5)ccc4c2-3)cc1. The molecule has 7 aromatic rings. The van der Waals surface area contributed by atoms with Gasteiger partial charge in [0.2, 0.25) is 6.79 Å². The zero-order valence-corrected chi connectivity index (χ0v) is 30.0. The van der Waals surface area contributed by atoms with Gasteiger partial charge in [0, 0.05) is 53.2 Å². The fourth-order valence-electron chi connectivity index (χ4n) is 6.49. The van der Waals surface area contributed by atoms with Crippen molar-refractivity contribution in [3.63, 3.8) is 0 Å². The summed E-state index contributed by atoms with van der Waals surface area (Å²) in [5.74, 6) is 22.2. The van der Waals surface area contributed by atoms with E-state index in [1.54, 1.807) is 19.2 Å². The summed E-state index contributed by atoms with van der Waals surface area (Å²) in [6, 6.07) is 44.0. The molecule has 1 aliphatic rings. The maximum Gasteiger partial charge on any atom is 0.231 e. The maximum atomic E-state index is 9.30. The first kappa shape index (κ1) is 33.6. The van der Waals surface area contributed by atoms with E-state index >= 15 is 0 Å². The van der Waals surface area contributed by atoms with Gasteiger partial charge in [-0.1, -0.05) is 65.9 Å². The second kappa shape index (κ2) is 14.6. The fraction of sp³-hybridized carbons (Fsp3) is 0.0816. The van der Waals surface area contributed by atoms with Crippen LogP contribution in [0.15, 0.2) is 127 Å². The van der Waals surface area contributed by atoms with Gasteiger partial charge in [0.05, 0.1) is 29.9 Å². The van der Waals surface area contributed by atoms with Crippen molar-refractivity contribution in [1.29, 1.82) is 5.26 Å². The molecule has 0 aromatic heterocycles. The number of fused-ring (bicyclic) bond motifs is 7. The molecule has 5 heteroatoms. The summed E-state index contributed by atoms with van der Waals surface area (Å²) in [5, 5.41) is 13.3. The van der Waals surface area contributed by atoms with E-state index in [4.69, 9.17) is 14.2 Å². The van der Waals surface area contributed by atoms with Crippen LogP contribution in [0.1, 0.15) is 38.9 Å². The highest BCUT2D eigenvalue weighted by atomic mass is 16.7. The van der Waals surface area contributed by atoms with Crippen LogP contribution in [0.4, 0.5) is 5.69 Å². The highest BCUT2D eigenvalue weighted by Crippen LogP contribution is 2.49. The van der Waals surface area contributed by atoms with Gasteiger partial charge in [0.1, 0.15) is 17.2 Å². The monoisotopic (exact) mass is 696 g/mol. The van der Waals surface area contributed by atoms with Gasteiger partial charge in [-0.25, -0.2) is 0 Å². The van der Waals surface area contributed by atoms with Gasteiger partial charge in [0.25, 0.3) is 0 Å². The Morgan fingerprint density at radius 3 is 1.65 bits per heavy atom. The summed E-state index contributed by atoms with van der Waals surface area (Å²) >= 11 is 0. The lowest BCUT2D eigenvalue weighted by Gasteiger charge is -2.16. The Morgan fingerprint density at radius 1 is 0.537 bits per heavy atom. The Morgan fingerprint density at radius 2 is 1.04 bits per heavy atom. The number of methoxy groups -OCH3 is 1. The smallest absolute Gasteiger partial charge is 0.231 e. The van der Waals surface area contributed by atoms with Crippen molar-refractivity contribution >= 4 is 27.2 Å². The molecule has 0 fully saturated rings. The molecule has 1 aliphatic heterocycles. The van der Waals surface area contributed by atoms with Crippen molar-refractivity contribution in [2.75, 3.05) is 32.9 Å². The van der Waals surface area contributed by atoms with Crippen LogP contribution < -0.4 is 19.1 Å². The quantitative estimate of drug-likeness (QED) is 0.169. The van der Waals surface area contributed by atoms with Crippen LogP contribution in [0.2, 0.25) is 0 Å². The van der Waals surface area contributed by atoms with Crippen molar-refractivity contribution in [3.05, 3.63) is 166 Å². The van der Waals surface area contributed by atoms with Crippen molar-refractivity contribution in [2.45, 2.75) is 0 Å². The first-order chi connectivity index (χ1) is 26.5. The first-order valence-corrected chi connectivity index (χ1v) is 17.4. The molecule has 0 saturated heterocycles. The normalized spacial score (nSPS) is 11.0. The Labute approximate surface area is 315 Å². The van der Waals surface area contributed by atoms with Crippen LogP contribution in [-0.4, -0.2) is 28.0 Å². The highest BCUT2D eigenvalue weighted by Gasteiger charge is 2.26. The molecule has 0 atom stereocenters. The molecule has 0 N–H and O–H groups in total. The summed E-state index contributed by atoms with van der Waals surface area (Å²) < 4.78 is 18.3. The number of nitrogens with zero attached hydrogens (tertiary/aromatic N) is 2. The van der Waals surface area contributed by atoms with Gasteiger partial charge in [-0.05, 0) is 119 Å². The summed E-state index contributed by atoms with van der Waals surface area (Å²) in [6.07, 6.45) is 0. The third-order valence-corrected chi connectivity index (χ3v) is 9.27. The number of benzene rings is 7. The van der Waals surface area contributed by atoms with Crippen molar-refractivity contribution in [2.24, 2.45) is 0 Å². The molecule has 0 aliphatic carbocycles. The van der Waals surface area contributed by atoms with Crippen molar-refractivity contribution in [1.82, 2.24) is 0 Å². The largest absolute Gasteiger partial charge is 0.497 e. The van der Waals surface area contributed by atoms with Crippen LogP contribution >= 0.6 is 0 Å². The lowest BCUT2D eigenvalue weighted by atomic mass is 9.88. The molecule has 0 bridgehead atoms. The molecule has 0 amide bonds. The lowest BCUT2D eigenvalue weighted by Crippen LogP contribution is -2.07. The standard InChI is InChI=1S/C49H32N2O3/c1-51(2)42-23-16-34(17-24-42)8-11-36-20-27-45-41(28-36)30-40(22-14-33-9-12-37(31-50)13-10-33)49-47(45)46-44-7-5-4-6-38(44)29-39(48(46)53-32-54-49)21-15-35-18-25-43(52-3)26-19-35/h4-7,9-10,12-13,16-20,23-30H,32H2,1-3H3. The van der Waals surface area contributed by atoms with Gasteiger partial charge >= 0.3 is 0 Å². The minimum Gasteiger partial charge on any atom is -0.497 e. The van der Waals surface area contributed by atoms with Crippen LogP contribution in [0.25, 0.3) is 32.7 Å². The van der Waals surface area contributed by atoms with Gasteiger partial charge in [0.15, 0.2) is 0 Å². The number of ether oxygens (including phenoxy) is 3. The molecular weight excluding hydrogens is 665 g/mol. The predicted octanol–water partition coefficient (Wildman–Crippen LogP) is 9.53. The molecule has 0 radical (unpaired) electrons. The first-order valence-electron chi connectivity index (χ1n) is 17.4. The van der Waals surface area contributed by atoms with Crippen molar-refractivity contribution in [3.8, 4) is 70.0 Å². The van der Waals surface area contributed by atoms with E-state index < -0.39 is 0 Å². The Balaban J connectivity index is 1.34. The van der Waals surface area contributed by atoms with Gasteiger partial charge < -0.3 is 19.1 Å². The third-order valence-electron chi connectivity index (χ3n) is 9.27. The molecule has 256 valence electrons. The van der Waals surface area contributed by atoms with E-state index in [1.165, 1.54) is 0 Å². The number of nitriles is 1. The van der Waals surface area contributed by atoms with Crippen LogP contribution in [0.5, 0.6) is 17.2 Å². The fourth-order valence-corrected chi connectivity index (χ4v) is 6.49. The second-order valence-electron chi connectivity index (χ2n) is 12.9. The van der Waals surface area contributed by atoms with E-state index in [-0.39, 0.29) is 6.79 Å². The summed E-state index contributed by atoms with van der Waals surface area (Å²) in [4.78, 5) is 2.07. The summed E-state index contributed by atoms with van der Waals surface area (Å²) in [7, 11) is 5.69. The Kier molecular flexibility index (Phi) is 9.06. The molecule has 0 unspecified atom stereocenters. The van der Waals surface area contributed by atoms with Gasteiger partial charge in [-0.2, -0.15) is 5.26 Å². The van der Waals surface area contributed by atoms with Crippen LogP contribution in [0.3, 0.4) is 0 Å². The number of hydrogen-bond donors (Lipinski definition) is 0. The van der Waals surface area contributed by atoms with Gasteiger partial charge in [-0.15, -0.1) is 0 Å². The predicted molar refractivity (Wildman–Crippen MR) is 216 cm³/mol. The molecule has 1 heterocycles. The Bertz CT molecular complexity index is 2810. The summed E-state index contributed by atoms with van der Waals surface area (Å²) in [6.45, 7) is -0.0250. The Hall–Kier alpha value is -7.57. The molecule has 54 heavy (non-hydrogen) atoms. The average Bonchev–Trinajstić information content (AvgIpc) is 3.42. The van der Waals surface area contributed by atoms with E-state index in [1.807, 2.05) is 80.8 Å². The topological polar surface area (TPSA) is 54.7 Å². The maximum absolute atomic E-state index is 9.30. The molecule has 0 spiro atoms. The highest BCUT2D eigenvalue weighted by molar-refractivity contribution is 6.12. The van der Waals surface area contributed by atoms with Crippen LogP contribution in [-0.2, 0) is 0 Å². The minimum atomic E-state index is -0.0250. The number of hydrogen-bond acceptors (Lipinski definition) is 5. The zero-order valence-electron chi connectivity index (χ0n) is 30.0. The van der Waals surface area contributed by atoms with Crippen molar-refractivity contribution < 1.29 is 14.2 Å². The molecular formula is C49H32N2O3. The van der Waals surface area contributed by atoms with Gasteiger partial charge in [-0.3, -0.25) is 0 Å². The lowest BCUT2D eigenvalue weighted by molar-refractivity contribution is 0.124. The number of rotatable bonds is 2. The molecule has 5 nitrogen and oxygen atoms in total. The van der Waals surface area contributed by atoms with Crippen LogP contribution in [0, 0.1) is 46.9 Å². The molecule has 0 saturated carbocycles. The summed E-state index contributed by atoms with van der Waals surface area (Å²) in [5.41, 5.74) is 8.39. The van der Waals surface area contributed by atoms with E-state index in [0.29, 0.717) is 22.6 Å². The van der Waals surface area contributed by atoms with E-state index in [0.717, 1.165) is 71.9 Å². The average molecular weight is 697 g/mol. The van der Waals surface area contributed by atoms with E-state index in [9.17, 15) is 5.26 Å². The minimum absolute atomic E-state index is 0.0250. The second-order valence-corrected chi connectivity index (χ2v) is 12.9. The number of anilines is 1. The molecule has 7 aromatic carbocycles. The third kappa shape index (κ3) is 6.75.